The van der Waals surface area contributed by atoms with Gasteiger partial charge in [0, 0.05) is 30.9 Å². The lowest BCUT2D eigenvalue weighted by atomic mass is 9.98. The fourth-order valence-corrected chi connectivity index (χ4v) is 3.88. The van der Waals surface area contributed by atoms with E-state index in [1.165, 1.54) is 0 Å². The van der Waals surface area contributed by atoms with Crippen LogP contribution in [0.3, 0.4) is 0 Å². The molecular formula is C30H27N3O6. The smallest absolute Gasteiger partial charge is 0.338 e. The van der Waals surface area contributed by atoms with Gasteiger partial charge in [0.2, 0.25) is 5.88 Å². The Morgan fingerprint density at radius 1 is 0.872 bits per heavy atom. The zero-order chi connectivity index (χ0) is 27.9. The Hall–Kier alpha value is -5.23. The van der Waals surface area contributed by atoms with Crippen LogP contribution in [-0.2, 0) is 9.53 Å². The summed E-state index contributed by atoms with van der Waals surface area (Å²) in [5, 5.41) is 12.6. The Morgan fingerprint density at radius 3 is 1.95 bits per heavy atom. The first kappa shape index (κ1) is 26.8. The minimum absolute atomic E-state index is 0.0504. The van der Waals surface area contributed by atoms with Gasteiger partial charge in [0.1, 0.15) is 28.9 Å². The highest BCUT2D eigenvalue weighted by molar-refractivity contribution is 5.98. The quantitative estimate of drug-likeness (QED) is 0.290. The molecule has 9 nitrogen and oxygen atoms in total. The van der Waals surface area contributed by atoms with Crippen molar-refractivity contribution in [3.63, 3.8) is 0 Å². The third-order valence-electron chi connectivity index (χ3n) is 5.96. The number of benzene rings is 3. The van der Waals surface area contributed by atoms with E-state index >= 15 is 0 Å². The lowest BCUT2D eigenvalue weighted by Crippen LogP contribution is -2.21. The van der Waals surface area contributed by atoms with Gasteiger partial charge < -0.3 is 23.5 Å². The normalized spacial score (nSPS) is 10.3. The van der Waals surface area contributed by atoms with Gasteiger partial charge in [-0.25, -0.2) is 4.79 Å². The van der Waals surface area contributed by atoms with Gasteiger partial charge >= 0.3 is 5.97 Å². The van der Waals surface area contributed by atoms with Crippen molar-refractivity contribution < 1.29 is 28.2 Å². The van der Waals surface area contributed by atoms with Gasteiger partial charge in [-0.15, -0.1) is 0 Å². The number of amides is 1. The molecule has 0 radical (unpaired) electrons. The lowest BCUT2D eigenvalue weighted by Gasteiger charge is -2.12. The number of hydrogen-bond donors (Lipinski definition) is 1. The molecular weight excluding hydrogens is 498 g/mol. The molecule has 0 aliphatic rings. The van der Waals surface area contributed by atoms with Crippen LogP contribution < -0.4 is 19.7 Å². The van der Waals surface area contributed by atoms with E-state index in [1.807, 2.05) is 19.0 Å². The summed E-state index contributed by atoms with van der Waals surface area (Å²) < 4.78 is 21.7. The Labute approximate surface area is 226 Å². The highest BCUT2D eigenvalue weighted by atomic mass is 16.5. The van der Waals surface area contributed by atoms with E-state index in [0.29, 0.717) is 39.5 Å². The van der Waals surface area contributed by atoms with Gasteiger partial charge in [0.05, 0.1) is 19.8 Å². The molecule has 0 fully saturated rings. The average Bonchev–Trinajstić information content (AvgIpc) is 3.33. The second-order valence-electron chi connectivity index (χ2n) is 8.64. The van der Waals surface area contributed by atoms with Crippen molar-refractivity contribution in [1.82, 2.24) is 0 Å². The highest BCUT2D eigenvalue weighted by Crippen LogP contribution is 2.42. The van der Waals surface area contributed by atoms with Crippen LogP contribution in [0.4, 0.5) is 11.6 Å². The van der Waals surface area contributed by atoms with Crippen molar-refractivity contribution >= 4 is 23.4 Å². The summed E-state index contributed by atoms with van der Waals surface area (Å²) in [5.41, 5.74) is 3.23. The van der Waals surface area contributed by atoms with Crippen LogP contribution >= 0.6 is 0 Å². The van der Waals surface area contributed by atoms with Gasteiger partial charge in [-0.05, 0) is 66.2 Å². The summed E-state index contributed by atoms with van der Waals surface area (Å²) in [5.74, 6) is 0.342. The second kappa shape index (κ2) is 11.9. The van der Waals surface area contributed by atoms with Crippen LogP contribution in [-0.4, -0.2) is 46.8 Å². The fourth-order valence-electron chi connectivity index (χ4n) is 3.88. The van der Waals surface area contributed by atoms with Crippen LogP contribution in [0.5, 0.6) is 11.5 Å². The van der Waals surface area contributed by atoms with Gasteiger partial charge in [-0.2, -0.15) is 5.26 Å². The number of esters is 1. The first-order valence-corrected chi connectivity index (χ1v) is 11.9. The fraction of sp³-hybridized carbons (Fsp3) is 0.167. The average molecular weight is 526 g/mol. The summed E-state index contributed by atoms with van der Waals surface area (Å²) in [6, 6.07) is 23.2. The Balaban J connectivity index is 1.59. The number of anilines is 2. The monoisotopic (exact) mass is 525 g/mol. The van der Waals surface area contributed by atoms with Crippen molar-refractivity contribution in [2.24, 2.45) is 0 Å². The zero-order valence-corrected chi connectivity index (χ0v) is 22.0. The minimum Gasteiger partial charge on any atom is -0.497 e. The Morgan fingerprint density at radius 2 is 1.44 bits per heavy atom. The van der Waals surface area contributed by atoms with Crippen LogP contribution in [0.15, 0.2) is 77.2 Å². The van der Waals surface area contributed by atoms with Crippen LogP contribution in [0.1, 0.15) is 15.9 Å². The third kappa shape index (κ3) is 6.02. The van der Waals surface area contributed by atoms with E-state index < -0.39 is 18.5 Å². The molecule has 9 heteroatoms. The molecule has 0 bridgehead atoms. The van der Waals surface area contributed by atoms with Crippen molar-refractivity contribution in [2.75, 3.05) is 45.1 Å². The van der Waals surface area contributed by atoms with Gasteiger partial charge in [0.25, 0.3) is 5.91 Å². The minimum atomic E-state index is -0.652. The molecule has 1 heterocycles. The number of furan rings is 1. The van der Waals surface area contributed by atoms with Gasteiger partial charge in [0.15, 0.2) is 6.61 Å². The molecule has 1 amide bonds. The standard InChI is InChI=1S/C30H27N3O6/c1-33(2)22-11-5-21(6-12-22)30(35)38-18-26(34)32-29-25(17-31)27(19-7-13-23(36-3)14-8-19)28(39-29)20-9-15-24(37-4)16-10-20/h5-16H,18H2,1-4H3,(H,32,34). The van der Waals surface area contributed by atoms with Crippen molar-refractivity contribution in [1.29, 1.82) is 5.26 Å². The number of nitrogens with one attached hydrogen (secondary N) is 1. The molecule has 1 aromatic heterocycles. The molecule has 3 aromatic carbocycles. The molecule has 0 aliphatic carbocycles. The predicted molar refractivity (Wildman–Crippen MR) is 147 cm³/mol. The number of methoxy groups -OCH3 is 2. The summed E-state index contributed by atoms with van der Waals surface area (Å²) in [4.78, 5) is 27.1. The SMILES string of the molecule is COc1ccc(-c2oc(NC(=O)COC(=O)c3ccc(N(C)C)cc3)c(C#N)c2-c2ccc(OC)cc2)cc1. The number of nitriles is 1. The Bertz CT molecular complexity index is 1500. The number of rotatable bonds is 9. The van der Waals surface area contributed by atoms with E-state index in [-0.39, 0.29) is 11.4 Å². The topological polar surface area (TPSA) is 114 Å². The second-order valence-corrected chi connectivity index (χ2v) is 8.64. The van der Waals surface area contributed by atoms with E-state index in [2.05, 4.69) is 11.4 Å². The molecule has 39 heavy (non-hydrogen) atoms. The van der Waals surface area contributed by atoms with Crippen LogP contribution in [0.25, 0.3) is 22.5 Å². The predicted octanol–water partition coefficient (Wildman–Crippen LogP) is 5.36. The summed E-state index contributed by atoms with van der Waals surface area (Å²) >= 11 is 0. The summed E-state index contributed by atoms with van der Waals surface area (Å²) in [6.45, 7) is -0.560. The van der Waals surface area contributed by atoms with Gasteiger partial charge in [-0.1, -0.05) is 12.1 Å². The number of ether oxygens (including phenoxy) is 3. The molecule has 4 rings (SSSR count). The summed E-state index contributed by atoms with van der Waals surface area (Å²) in [6.07, 6.45) is 0. The molecule has 0 saturated carbocycles. The number of nitrogens with zero attached hydrogens (tertiary/aromatic N) is 2. The van der Waals surface area contributed by atoms with E-state index in [1.54, 1.807) is 87.0 Å². The van der Waals surface area contributed by atoms with Crippen molar-refractivity contribution in [3.05, 3.63) is 83.9 Å². The maximum absolute atomic E-state index is 12.7. The molecule has 198 valence electrons. The molecule has 0 atom stereocenters. The first-order chi connectivity index (χ1) is 18.8. The first-order valence-electron chi connectivity index (χ1n) is 11.9. The highest BCUT2D eigenvalue weighted by Gasteiger charge is 2.25. The van der Waals surface area contributed by atoms with Gasteiger partial charge in [-0.3, -0.25) is 10.1 Å². The largest absolute Gasteiger partial charge is 0.497 e. The van der Waals surface area contributed by atoms with Crippen LogP contribution in [0.2, 0.25) is 0 Å². The van der Waals surface area contributed by atoms with E-state index in [0.717, 1.165) is 5.69 Å². The molecule has 0 unspecified atom stereocenters. The molecule has 1 N–H and O–H groups in total. The molecule has 0 aliphatic heterocycles. The number of carbonyl (C=O) groups is 2. The van der Waals surface area contributed by atoms with Crippen molar-refractivity contribution in [3.8, 4) is 40.0 Å². The van der Waals surface area contributed by atoms with E-state index in [9.17, 15) is 14.9 Å². The molecule has 0 spiro atoms. The van der Waals surface area contributed by atoms with E-state index in [4.69, 9.17) is 18.6 Å². The van der Waals surface area contributed by atoms with Crippen LogP contribution in [0, 0.1) is 11.3 Å². The lowest BCUT2D eigenvalue weighted by molar-refractivity contribution is -0.119. The molecule has 0 saturated heterocycles. The maximum atomic E-state index is 12.7. The Kier molecular flexibility index (Phi) is 8.17. The molecule has 4 aromatic rings. The number of carbonyl (C=O) groups excluding carboxylic acids is 2. The maximum Gasteiger partial charge on any atom is 0.338 e. The third-order valence-corrected chi connectivity index (χ3v) is 5.96. The number of hydrogen-bond acceptors (Lipinski definition) is 8. The van der Waals surface area contributed by atoms with Crippen molar-refractivity contribution in [2.45, 2.75) is 0 Å². The summed E-state index contributed by atoms with van der Waals surface area (Å²) in [7, 11) is 6.91. The zero-order valence-electron chi connectivity index (χ0n) is 22.0.